The van der Waals surface area contributed by atoms with Gasteiger partial charge in [-0.05, 0) is 136 Å². The Hall–Kier alpha value is -7.23. The van der Waals surface area contributed by atoms with Crippen LogP contribution in [0.25, 0.3) is 78.4 Å². The highest BCUT2D eigenvalue weighted by atomic mass is 32.2. The lowest BCUT2D eigenvalue weighted by Crippen LogP contribution is -2.23. The van der Waals surface area contributed by atoms with Gasteiger partial charge in [-0.25, -0.2) is 33.3 Å². The predicted octanol–water partition coefficient (Wildman–Crippen LogP) is 12.1. The van der Waals surface area contributed by atoms with E-state index >= 15 is 0 Å². The maximum Gasteiger partial charge on any atom is 0.248 e. The maximum atomic E-state index is 12.0. The topological polar surface area (TPSA) is 186 Å². The minimum atomic E-state index is -3.54. The van der Waals surface area contributed by atoms with Crippen LogP contribution < -0.4 is 11.1 Å². The van der Waals surface area contributed by atoms with Gasteiger partial charge in [0, 0.05) is 52.6 Å². The van der Waals surface area contributed by atoms with Crippen LogP contribution in [0.1, 0.15) is 82.8 Å². The third-order valence-corrected chi connectivity index (χ3v) is 13.5. The molecule has 12 rings (SSSR count). The number of sulfone groups is 1. The fourth-order valence-electron chi connectivity index (χ4n) is 9.18. The van der Waals surface area contributed by atoms with Crippen molar-refractivity contribution in [2.75, 3.05) is 11.6 Å². The number of anilines is 1. The summed E-state index contributed by atoms with van der Waals surface area (Å²) in [5.74, 6) is 3.45. The lowest BCUT2D eigenvalue weighted by Gasteiger charge is -2.22. The van der Waals surface area contributed by atoms with E-state index in [1.807, 2.05) is 78.4 Å². The van der Waals surface area contributed by atoms with Gasteiger partial charge in [-0.2, -0.15) is 4.98 Å². The van der Waals surface area contributed by atoms with E-state index < -0.39 is 9.84 Å². The van der Waals surface area contributed by atoms with Gasteiger partial charge in [0.2, 0.25) is 20.9 Å². The second kappa shape index (κ2) is 20.2. The van der Waals surface area contributed by atoms with Crippen LogP contribution in [0.5, 0.6) is 0 Å². The number of furan rings is 2. The van der Waals surface area contributed by atoms with Crippen LogP contribution in [-0.2, 0) is 9.84 Å². The van der Waals surface area contributed by atoms with Crippen LogP contribution in [-0.4, -0.2) is 65.8 Å². The molecule has 2 saturated carbocycles. The number of hydrogen-bond donors (Lipinski definition) is 2. The zero-order valence-electron chi connectivity index (χ0n) is 38.5. The van der Waals surface area contributed by atoms with Crippen LogP contribution in [0.4, 0.5) is 5.95 Å². The van der Waals surface area contributed by atoms with Crippen molar-refractivity contribution >= 4 is 59.8 Å². The van der Waals surface area contributed by atoms with E-state index in [1.54, 1.807) is 18.6 Å². The molecule has 2 fully saturated rings. The van der Waals surface area contributed by atoms with Crippen molar-refractivity contribution in [1.29, 1.82) is 0 Å². The molecule has 15 heteroatoms. The van der Waals surface area contributed by atoms with Gasteiger partial charge < -0.3 is 19.9 Å². The molecule has 0 saturated heterocycles. The van der Waals surface area contributed by atoms with E-state index in [1.165, 1.54) is 76.0 Å². The molecule has 0 atom stereocenters. The summed E-state index contributed by atoms with van der Waals surface area (Å²) in [6.07, 6.45) is 20.6. The molecule has 0 spiro atoms. The molecule has 10 aromatic rings. The molecule has 2 aliphatic carbocycles. The second-order valence-electron chi connectivity index (χ2n) is 18.0. The highest BCUT2D eigenvalue weighted by Crippen LogP contribution is 2.33. The maximum absolute atomic E-state index is 12.0. The molecule has 3 N–H and O–H groups in total. The molecule has 6 heterocycles. The fraction of sp³-hybridized carbons (Fsp3) is 0.296. The molecule has 69 heavy (non-hydrogen) atoms. The van der Waals surface area contributed by atoms with Gasteiger partial charge >= 0.3 is 0 Å². The molecule has 4 aromatic carbocycles. The van der Waals surface area contributed by atoms with Crippen LogP contribution in [0, 0.1) is 13.8 Å². The second-order valence-corrected chi connectivity index (χ2v) is 19.9. The third kappa shape index (κ3) is 10.3. The van der Waals surface area contributed by atoms with Crippen molar-refractivity contribution in [2.24, 2.45) is 5.73 Å². The van der Waals surface area contributed by atoms with Crippen LogP contribution in [0.2, 0.25) is 0 Å². The van der Waals surface area contributed by atoms with Crippen molar-refractivity contribution in [3.63, 3.8) is 0 Å². The summed E-state index contributed by atoms with van der Waals surface area (Å²) in [6, 6.07) is 32.7. The van der Waals surface area contributed by atoms with E-state index in [4.69, 9.17) is 29.5 Å². The van der Waals surface area contributed by atoms with Crippen molar-refractivity contribution in [2.45, 2.75) is 103 Å². The molecule has 354 valence electrons. The number of hydrogen-bond acceptors (Lipinski definition) is 12. The average molecular weight is 943 g/mol. The lowest BCUT2D eigenvalue weighted by molar-refractivity contribution is 0.441. The summed E-state index contributed by atoms with van der Waals surface area (Å²) >= 11 is 0. The van der Waals surface area contributed by atoms with Gasteiger partial charge in [0.1, 0.15) is 34.5 Å². The van der Waals surface area contributed by atoms with Crippen molar-refractivity contribution in [3.8, 4) is 34.4 Å². The van der Waals surface area contributed by atoms with Crippen molar-refractivity contribution in [1.82, 2.24) is 39.0 Å². The van der Waals surface area contributed by atoms with Crippen LogP contribution in [0.3, 0.4) is 0 Å². The average Bonchev–Trinajstić information content (AvgIpc) is 4.17. The SMILES string of the molecule is C.Cc1ccc2nc(-c3ccc4occc4c3)n(-c3ccnc(NC4CCCCC4)n3)c2c1.Cc1ccc2nc(-c3ccc4occc4c3)n(-c3ccnc(S(C)(=O)=O)n3)c2c1.NC1CCCCC1. The zero-order chi connectivity index (χ0) is 46.8. The minimum Gasteiger partial charge on any atom is -0.464 e. The molecule has 6 aromatic heterocycles. The minimum absolute atomic E-state index is 0. The number of aromatic nitrogens is 8. The molecule has 0 amide bonds. The summed E-state index contributed by atoms with van der Waals surface area (Å²) in [5, 5.41) is 5.34. The van der Waals surface area contributed by atoms with E-state index in [0.717, 1.165) is 78.6 Å². The number of nitrogens with one attached hydrogen (secondary N) is 1. The van der Waals surface area contributed by atoms with Gasteiger partial charge in [0.05, 0.1) is 34.6 Å². The smallest absolute Gasteiger partial charge is 0.248 e. The Morgan fingerprint density at radius 1 is 0.594 bits per heavy atom. The first-order chi connectivity index (χ1) is 33.0. The van der Waals surface area contributed by atoms with Crippen LogP contribution in [0.15, 0.2) is 136 Å². The number of nitrogens with zero attached hydrogens (tertiary/aromatic N) is 8. The van der Waals surface area contributed by atoms with E-state index in [9.17, 15) is 8.42 Å². The molecule has 0 bridgehead atoms. The fourth-order valence-corrected chi connectivity index (χ4v) is 9.69. The Labute approximate surface area is 402 Å². The van der Waals surface area contributed by atoms with Gasteiger partial charge in [-0.1, -0.05) is 58.1 Å². The number of benzene rings is 4. The Balaban J connectivity index is 0.000000149. The summed E-state index contributed by atoms with van der Waals surface area (Å²) in [6.45, 7) is 4.10. The molecular weight excluding hydrogens is 885 g/mol. The molecule has 14 nitrogen and oxygen atoms in total. The van der Waals surface area contributed by atoms with Crippen molar-refractivity contribution in [3.05, 3.63) is 133 Å². The van der Waals surface area contributed by atoms with E-state index in [0.29, 0.717) is 29.7 Å². The first kappa shape index (κ1) is 46.9. The molecule has 0 radical (unpaired) electrons. The van der Waals surface area contributed by atoms with Gasteiger partial charge in [-0.15, -0.1) is 0 Å². The predicted molar refractivity (Wildman–Crippen MR) is 275 cm³/mol. The molecule has 2 aliphatic rings. The first-order valence-corrected chi connectivity index (χ1v) is 25.3. The Bertz CT molecular complexity index is 3510. The summed E-state index contributed by atoms with van der Waals surface area (Å²) in [7, 11) is -3.54. The Morgan fingerprint density at radius 2 is 1.10 bits per heavy atom. The molecule has 0 unspecified atom stereocenters. The third-order valence-electron chi connectivity index (χ3n) is 12.7. The Morgan fingerprint density at radius 3 is 1.61 bits per heavy atom. The Kier molecular flexibility index (Phi) is 13.7. The monoisotopic (exact) mass is 942 g/mol. The van der Waals surface area contributed by atoms with Gasteiger partial charge in [0.15, 0.2) is 0 Å². The normalized spacial score (nSPS) is 14.6. The number of rotatable bonds is 7. The van der Waals surface area contributed by atoms with E-state index in [-0.39, 0.29) is 12.6 Å². The molecule has 0 aliphatic heterocycles. The summed E-state index contributed by atoms with van der Waals surface area (Å²) < 4.78 is 38.9. The van der Waals surface area contributed by atoms with Crippen molar-refractivity contribution < 1.29 is 17.3 Å². The lowest BCUT2D eigenvalue weighted by atomic mass is 9.96. The number of imidazole rings is 2. The van der Waals surface area contributed by atoms with Crippen LogP contribution >= 0.6 is 0 Å². The summed E-state index contributed by atoms with van der Waals surface area (Å²) in [5.41, 5.74) is 15.0. The first-order valence-electron chi connectivity index (χ1n) is 23.4. The zero-order valence-corrected chi connectivity index (χ0v) is 39.3. The largest absolute Gasteiger partial charge is 0.464 e. The highest BCUT2D eigenvalue weighted by Gasteiger charge is 2.21. The number of fused-ring (bicyclic) bond motifs is 4. The van der Waals surface area contributed by atoms with E-state index in [2.05, 4.69) is 62.1 Å². The van der Waals surface area contributed by atoms with Gasteiger partial charge in [-0.3, -0.25) is 9.13 Å². The number of aryl methyl sites for hydroxylation is 2. The molecular formula is C54H58N10O4S. The quantitative estimate of drug-likeness (QED) is 0.144. The summed E-state index contributed by atoms with van der Waals surface area (Å²) in [4.78, 5) is 27.4. The number of nitrogens with two attached hydrogens (primary N) is 1. The highest BCUT2D eigenvalue weighted by molar-refractivity contribution is 7.90. The van der Waals surface area contributed by atoms with Gasteiger partial charge in [0.25, 0.3) is 0 Å². The standard InChI is InChI=1S/C26H25N5O.C21H16N4O3S.C6H13N.CH4/c1-17-7-9-21-22(15-17)31(25(29-21)19-8-10-23-18(16-19)12-14-32-23)24-11-13-27-26(30-24)28-20-5-3-2-4-6-20;1-13-3-5-16-17(11-13)25(19-7-9-22-21(24-19)29(2,26)27)20(23-16)15-4-6-18-14(12-15)8-10-28-18;7-6-4-2-1-3-5-6;/h7-16,20H,2-6H2,1H3,(H,27,28,30);3-12H,1-2H3;6H,1-5,7H2;1H4.